The number of nitrogens with one attached hydrogen (secondary N) is 2. The van der Waals surface area contributed by atoms with E-state index in [9.17, 15) is 0 Å². The lowest BCUT2D eigenvalue weighted by Crippen LogP contribution is -2.36. The fourth-order valence-electron chi connectivity index (χ4n) is 1.59. The topological polar surface area (TPSA) is 55.4 Å². The molecule has 82 valence electrons. The average Bonchev–Trinajstić information content (AvgIpc) is 2.28. The molecule has 1 aromatic rings. The predicted octanol–water partition coefficient (Wildman–Crippen LogP) is 0.943. The zero-order chi connectivity index (χ0) is 10.7. The van der Waals surface area contributed by atoms with Crippen molar-refractivity contribution in [3.63, 3.8) is 0 Å². The van der Waals surface area contributed by atoms with Gasteiger partial charge in [0.1, 0.15) is 0 Å². The van der Waals surface area contributed by atoms with Crippen LogP contribution in [0.4, 0.5) is 11.5 Å². The van der Waals surface area contributed by atoms with Crippen molar-refractivity contribution in [2.75, 3.05) is 38.0 Å². The Labute approximate surface area is 88.8 Å². The summed E-state index contributed by atoms with van der Waals surface area (Å²) in [7, 11) is 3.30. The number of ether oxygens (including phenoxy) is 2. The molecule has 15 heavy (non-hydrogen) atoms. The first-order valence-electron chi connectivity index (χ1n) is 4.88. The highest BCUT2D eigenvalue weighted by molar-refractivity contribution is 5.67. The third-order valence-electron chi connectivity index (χ3n) is 2.33. The molecule has 1 aromatic heterocycles. The van der Waals surface area contributed by atoms with Crippen molar-refractivity contribution in [2.24, 2.45) is 0 Å². The van der Waals surface area contributed by atoms with Gasteiger partial charge in [-0.25, -0.2) is 0 Å². The maximum Gasteiger partial charge on any atom is 0.215 e. The minimum atomic E-state index is 0.252. The highest BCUT2D eigenvalue weighted by Gasteiger charge is 2.18. The van der Waals surface area contributed by atoms with E-state index in [1.807, 2.05) is 12.1 Å². The summed E-state index contributed by atoms with van der Waals surface area (Å²) in [5.41, 5.74) is 1.00. The lowest BCUT2D eigenvalue weighted by atomic mass is 10.2. The van der Waals surface area contributed by atoms with Gasteiger partial charge in [0, 0.05) is 19.7 Å². The molecule has 2 N–H and O–H groups in total. The van der Waals surface area contributed by atoms with Gasteiger partial charge in [-0.3, -0.25) is 0 Å². The maximum atomic E-state index is 5.09. The van der Waals surface area contributed by atoms with Crippen LogP contribution in [0.1, 0.15) is 0 Å². The van der Waals surface area contributed by atoms with Crippen molar-refractivity contribution in [1.29, 1.82) is 0 Å². The summed E-state index contributed by atoms with van der Waals surface area (Å²) in [4.78, 5) is 4.31. The number of nitrogens with zero attached hydrogens (tertiary/aromatic N) is 1. The number of hydrogen-bond donors (Lipinski definition) is 2. The van der Waals surface area contributed by atoms with Crippen LogP contribution >= 0.6 is 0 Å². The first kappa shape index (κ1) is 10.0. The van der Waals surface area contributed by atoms with Crippen molar-refractivity contribution in [3.8, 4) is 5.88 Å². The van der Waals surface area contributed by atoms with Gasteiger partial charge >= 0.3 is 0 Å². The number of methoxy groups -OCH3 is 2. The van der Waals surface area contributed by atoms with Crippen LogP contribution in [0, 0.1) is 0 Å². The maximum absolute atomic E-state index is 5.09. The second-order valence-electron chi connectivity index (χ2n) is 3.43. The number of aromatic nitrogens is 1. The predicted molar refractivity (Wildman–Crippen MR) is 58.6 cm³/mol. The Balaban J connectivity index is 2.16. The van der Waals surface area contributed by atoms with Gasteiger partial charge < -0.3 is 20.1 Å². The van der Waals surface area contributed by atoms with E-state index >= 15 is 0 Å². The molecule has 0 aliphatic carbocycles. The first-order chi connectivity index (χ1) is 7.33. The molecule has 0 bridgehead atoms. The average molecular weight is 209 g/mol. The molecule has 5 heteroatoms. The molecule has 0 radical (unpaired) electrons. The lowest BCUT2D eigenvalue weighted by molar-refractivity contribution is 0.188. The molecular formula is C10H15N3O2. The zero-order valence-electron chi connectivity index (χ0n) is 8.91. The van der Waals surface area contributed by atoms with Crippen LogP contribution in [0.15, 0.2) is 12.1 Å². The fraction of sp³-hybridized carbons (Fsp3) is 0.500. The Kier molecular flexibility index (Phi) is 2.91. The van der Waals surface area contributed by atoms with Gasteiger partial charge in [-0.15, -0.1) is 0 Å². The van der Waals surface area contributed by atoms with Crippen molar-refractivity contribution in [2.45, 2.75) is 6.04 Å². The zero-order valence-corrected chi connectivity index (χ0v) is 8.91. The number of fused-ring (bicyclic) bond motifs is 1. The Morgan fingerprint density at radius 2 is 2.33 bits per heavy atom. The molecule has 1 atom stereocenters. The summed E-state index contributed by atoms with van der Waals surface area (Å²) < 4.78 is 10.2. The molecule has 1 aliphatic rings. The van der Waals surface area contributed by atoms with Gasteiger partial charge in [0.2, 0.25) is 5.88 Å². The van der Waals surface area contributed by atoms with Crippen molar-refractivity contribution in [3.05, 3.63) is 12.1 Å². The summed E-state index contributed by atoms with van der Waals surface area (Å²) in [6.45, 7) is 1.50. The van der Waals surface area contributed by atoms with Crippen molar-refractivity contribution in [1.82, 2.24) is 4.98 Å². The van der Waals surface area contributed by atoms with E-state index in [0.29, 0.717) is 12.5 Å². The Morgan fingerprint density at radius 1 is 1.47 bits per heavy atom. The van der Waals surface area contributed by atoms with Gasteiger partial charge in [-0.05, 0) is 6.07 Å². The molecule has 5 nitrogen and oxygen atoms in total. The molecule has 1 aliphatic heterocycles. The molecular weight excluding hydrogens is 194 g/mol. The standard InChI is InChI=1S/C10H15N3O2/c1-14-6-7-5-11-8-3-4-9(15-2)13-10(8)12-7/h3-4,7,11H,5-6H2,1-2H3,(H,12,13). The van der Waals surface area contributed by atoms with E-state index in [-0.39, 0.29) is 6.04 Å². The lowest BCUT2D eigenvalue weighted by Gasteiger charge is -2.26. The summed E-state index contributed by atoms with van der Waals surface area (Å²) in [6.07, 6.45) is 0. The fourth-order valence-corrected chi connectivity index (χ4v) is 1.59. The molecule has 0 amide bonds. The SMILES string of the molecule is COCC1CNc2ccc(OC)nc2N1. The van der Waals surface area contributed by atoms with Gasteiger partial charge in [0.15, 0.2) is 5.82 Å². The number of hydrogen-bond acceptors (Lipinski definition) is 5. The van der Waals surface area contributed by atoms with Gasteiger partial charge in [-0.1, -0.05) is 0 Å². The van der Waals surface area contributed by atoms with Gasteiger partial charge in [0.05, 0.1) is 25.4 Å². The van der Waals surface area contributed by atoms with Crippen LogP contribution in [0.3, 0.4) is 0 Å². The smallest absolute Gasteiger partial charge is 0.215 e. The normalized spacial score (nSPS) is 18.7. The van der Waals surface area contributed by atoms with Crippen molar-refractivity contribution >= 4 is 11.5 Å². The van der Waals surface area contributed by atoms with Crippen LogP contribution in [0.2, 0.25) is 0 Å². The Hall–Kier alpha value is -1.49. The van der Waals surface area contributed by atoms with Crippen LogP contribution in [-0.2, 0) is 4.74 Å². The summed E-state index contributed by atoms with van der Waals surface area (Å²) in [6, 6.07) is 4.04. The third kappa shape index (κ3) is 2.12. The molecule has 0 spiro atoms. The third-order valence-corrected chi connectivity index (χ3v) is 2.33. The number of rotatable bonds is 3. The summed E-state index contributed by atoms with van der Waals surface area (Å²) in [5, 5.41) is 6.58. The van der Waals surface area contributed by atoms with E-state index in [1.54, 1.807) is 14.2 Å². The van der Waals surface area contributed by atoms with Gasteiger partial charge in [-0.2, -0.15) is 4.98 Å². The molecule has 0 aromatic carbocycles. The van der Waals surface area contributed by atoms with Crippen LogP contribution < -0.4 is 15.4 Å². The summed E-state index contributed by atoms with van der Waals surface area (Å²) in [5.74, 6) is 1.43. The number of anilines is 2. The monoisotopic (exact) mass is 209 g/mol. The minimum absolute atomic E-state index is 0.252. The second kappa shape index (κ2) is 4.35. The largest absolute Gasteiger partial charge is 0.481 e. The van der Waals surface area contributed by atoms with E-state index in [1.165, 1.54) is 0 Å². The number of pyridine rings is 1. The molecule has 0 fully saturated rings. The highest BCUT2D eigenvalue weighted by Crippen LogP contribution is 2.26. The summed E-state index contributed by atoms with van der Waals surface area (Å²) >= 11 is 0. The molecule has 1 unspecified atom stereocenters. The van der Waals surface area contributed by atoms with Crippen LogP contribution in [0.25, 0.3) is 0 Å². The van der Waals surface area contributed by atoms with Crippen molar-refractivity contribution < 1.29 is 9.47 Å². The molecule has 2 rings (SSSR count). The molecule has 2 heterocycles. The van der Waals surface area contributed by atoms with E-state index in [4.69, 9.17) is 9.47 Å². The van der Waals surface area contributed by atoms with Gasteiger partial charge in [0.25, 0.3) is 0 Å². The van der Waals surface area contributed by atoms with E-state index in [2.05, 4.69) is 15.6 Å². The van der Waals surface area contributed by atoms with Crippen LogP contribution in [-0.4, -0.2) is 38.4 Å². The van der Waals surface area contributed by atoms with E-state index in [0.717, 1.165) is 18.1 Å². The highest BCUT2D eigenvalue weighted by atomic mass is 16.5. The Bertz CT molecular complexity index is 343. The van der Waals surface area contributed by atoms with Crippen LogP contribution in [0.5, 0.6) is 5.88 Å². The Morgan fingerprint density at radius 3 is 3.07 bits per heavy atom. The second-order valence-corrected chi connectivity index (χ2v) is 3.43. The molecule has 0 saturated carbocycles. The van der Waals surface area contributed by atoms with E-state index < -0.39 is 0 Å². The molecule has 0 saturated heterocycles. The quantitative estimate of drug-likeness (QED) is 0.776. The first-order valence-corrected chi connectivity index (χ1v) is 4.88. The minimum Gasteiger partial charge on any atom is -0.481 e.